The highest BCUT2D eigenvalue weighted by Crippen LogP contribution is 2.16. The van der Waals surface area contributed by atoms with E-state index in [1.807, 2.05) is 18.2 Å². The van der Waals surface area contributed by atoms with E-state index in [9.17, 15) is 4.79 Å². The van der Waals surface area contributed by atoms with Crippen molar-refractivity contribution in [1.29, 1.82) is 0 Å². The summed E-state index contributed by atoms with van der Waals surface area (Å²) in [6, 6.07) is 7.10. The molecule has 0 saturated heterocycles. The number of aliphatic hydroxyl groups excluding tert-OH is 1. The number of benzene rings is 1. The van der Waals surface area contributed by atoms with Gasteiger partial charge in [0.2, 0.25) is 5.91 Å². The molecule has 4 heteroatoms. The van der Waals surface area contributed by atoms with Crippen LogP contribution in [0.25, 0.3) is 0 Å². The van der Waals surface area contributed by atoms with Crippen LogP contribution in [-0.4, -0.2) is 35.6 Å². The fourth-order valence-electron chi connectivity index (χ4n) is 1.30. The van der Waals surface area contributed by atoms with Crippen LogP contribution in [-0.2, 0) is 11.2 Å². The van der Waals surface area contributed by atoms with Gasteiger partial charge in [-0.3, -0.25) is 4.79 Å². The average molecular weight is 242 g/mol. The first kappa shape index (κ1) is 13.0. The molecule has 1 rings (SSSR count). The zero-order chi connectivity index (χ0) is 12.1. The molecule has 0 heterocycles. The molecule has 1 aromatic rings. The van der Waals surface area contributed by atoms with Gasteiger partial charge in [-0.1, -0.05) is 29.8 Å². The van der Waals surface area contributed by atoms with Crippen LogP contribution < -0.4 is 0 Å². The zero-order valence-electron chi connectivity index (χ0n) is 9.48. The van der Waals surface area contributed by atoms with Crippen LogP contribution in [0.1, 0.15) is 12.5 Å². The molecular formula is C12H16ClNO2. The summed E-state index contributed by atoms with van der Waals surface area (Å²) in [6.07, 6.45) is 0.264. The third-order valence-electron chi connectivity index (χ3n) is 2.62. The van der Waals surface area contributed by atoms with E-state index in [0.29, 0.717) is 5.02 Å². The lowest BCUT2D eigenvalue weighted by Crippen LogP contribution is -2.38. The first-order valence-corrected chi connectivity index (χ1v) is 5.54. The predicted molar refractivity (Wildman–Crippen MR) is 64.5 cm³/mol. The molecule has 0 radical (unpaired) electrons. The Morgan fingerprint density at radius 1 is 1.50 bits per heavy atom. The van der Waals surface area contributed by atoms with Crippen LogP contribution in [0.2, 0.25) is 5.02 Å². The van der Waals surface area contributed by atoms with E-state index in [1.165, 1.54) is 4.90 Å². The van der Waals surface area contributed by atoms with E-state index < -0.39 is 0 Å². The molecule has 0 aliphatic rings. The smallest absolute Gasteiger partial charge is 0.227 e. The van der Waals surface area contributed by atoms with E-state index in [0.717, 1.165) is 5.56 Å². The lowest BCUT2D eigenvalue weighted by Gasteiger charge is -2.23. The molecule has 88 valence electrons. The molecule has 1 aromatic carbocycles. The largest absolute Gasteiger partial charge is 0.394 e. The Labute approximate surface area is 101 Å². The van der Waals surface area contributed by atoms with Crippen molar-refractivity contribution >= 4 is 17.5 Å². The Morgan fingerprint density at radius 2 is 2.12 bits per heavy atom. The minimum Gasteiger partial charge on any atom is -0.394 e. The highest BCUT2D eigenvalue weighted by Gasteiger charge is 2.15. The van der Waals surface area contributed by atoms with Gasteiger partial charge in [0.05, 0.1) is 19.1 Å². The number of carbonyl (C=O) groups excluding carboxylic acids is 1. The van der Waals surface area contributed by atoms with Crippen molar-refractivity contribution in [1.82, 2.24) is 4.90 Å². The number of aliphatic hydroxyl groups is 1. The van der Waals surface area contributed by atoms with E-state index in [2.05, 4.69) is 0 Å². The second kappa shape index (κ2) is 5.87. The standard InChI is InChI=1S/C12H16ClNO2/c1-9(8-15)14(2)12(16)7-10-5-3-4-6-11(10)13/h3-6,9,15H,7-8H2,1-2H3. The van der Waals surface area contributed by atoms with Gasteiger partial charge in [-0.2, -0.15) is 0 Å². The molecule has 0 aliphatic carbocycles. The number of amides is 1. The number of carbonyl (C=O) groups is 1. The van der Waals surface area contributed by atoms with Gasteiger partial charge in [-0.25, -0.2) is 0 Å². The summed E-state index contributed by atoms with van der Waals surface area (Å²) in [5.74, 6) is -0.0466. The minimum absolute atomic E-state index is 0.0369. The summed E-state index contributed by atoms with van der Waals surface area (Å²) in [6.45, 7) is 1.76. The number of nitrogens with zero attached hydrogens (tertiary/aromatic N) is 1. The number of hydrogen-bond acceptors (Lipinski definition) is 2. The van der Waals surface area contributed by atoms with Crippen molar-refractivity contribution in [2.75, 3.05) is 13.7 Å². The summed E-state index contributed by atoms with van der Waals surface area (Å²) < 4.78 is 0. The third kappa shape index (κ3) is 3.22. The maximum Gasteiger partial charge on any atom is 0.227 e. The van der Waals surface area contributed by atoms with Gasteiger partial charge in [-0.15, -0.1) is 0 Å². The topological polar surface area (TPSA) is 40.5 Å². The average Bonchev–Trinajstić information content (AvgIpc) is 2.30. The van der Waals surface area contributed by atoms with Gasteiger partial charge in [0.25, 0.3) is 0 Å². The van der Waals surface area contributed by atoms with Gasteiger partial charge >= 0.3 is 0 Å². The molecular weight excluding hydrogens is 226 g/mol. The van der Waals surface area contributed by atoms with Gasteiger partial charge in [0, 0.05) is 12.1 Å². The van der Waals surface area contributed by atoms with Crippen molar-refractivity contribution in [3.8, 4) is 0 Å². The van der Waals surface area contributed by atoms with Gasteiger partial charge in [-0.05, 0) is 18.6 Å². The monoisotopic (exact) mass is 241 g/mol. The fourth-order valence-corrected chi connectivity index (χ4v) is 1.50. The normalized spacial score (nSPS) is 12.2. The quantitative estimate of drug-likeness (QED) is 0.872. The van der Waals surface area contributed by atoms with Crippen molar-refractivity contribution < 1.29 is 9.90 Å². The van der Waals surface area contributed by atoms with E-state index in [4.69, 9.17) is 16.7 Å². The van der Waals surface area contributed by atoms with Crippen LogP contribution in [0.4, 0.5) is 0 Å². The van der Waals surface area contributed by atoms with Crippen molar-refractivity contribution in [2.24, 2.45) is 0 Å². The van der Waals surface area contributed by atoms with Gasteiger partial charge in [0.15, 0.2) is 0 Å². The number of likely N-dealkylation sites (N-methyl/N-ethyl adjacent to an activating group) is 1. The van der Waals surface area contributed by atoms with Crippen molar-refractivity contribution in [3.05, 3.63) is 34.9 Å². The van der Waals surface area contributed by atoms with E-state index in [1.54, 1.807) is 20.0 Å². The molecule has 1 unspecified atom stereocenters. The SMILES string of the molecule is CC(CO)N(C)C(=O)Cc1ccccc1Cl. The molecule has 0 aromatic heterocycles. The molecule has 1 atom stereocenters. The Bertz CT molecular complexity index is 368. The predicted octanol–water partition coefficient (Wildman–Crippen LogP) is 1.72. The van der Waals surface area contributed by atoms with E-state index in [-0.39, 0.29) is 25.0 Å². The van der Waals surface area contributed by atoms with Crippen LogP contribution in [0, 0.1) is 0 Å². The first-order chi connectivity index (χ1) is 7.56. The van der Waals surface area contributed by atoms with Crippen LogP contribution in [0.15, 0.2) is 24.3 Å². The second-order valence-corrected chi connectivity index (χ2v) is 4.21. The number of rotatable bonds is 4. The molecule has 16 heavy (non-hydrogen) atoms. The first-order valence-electron chi connectivity index (χ1n) is 5.16. The number of hydrogen-bond donors (Lipinski definition) is 1. The molecule has 0 fully saturated rings. The summed E-state index contributed by atoms with van der Waals surface area (Å²) in [5.41, 5.74) is 0.811. The molecule has 0 aliphatic heterocycles. The maximum absolute atomic E-state index is 11.8. The lowest BCUT2D eigenvalue weighted by molar-refractivity contribution is -0.131. The Morgan fingerprint density at radius 3 is 2.69 bits per heavy atom. The summed E-state index contributed by atoms with van der Waals surface area (Å²) in [4.78, 5) is 13.4. The van der Waals surface area contributed by atoms with Crippen molar-refractivity contribution in [2.45, 2.75) is 19.4 Å². The Kier molecular flexibility index (Phi) is 4.77. The molecule has 1 amide bonds. The summed E-state index contributed by atoms with van der Waals surface area (Å²) in [5, 5.41) is 9.55. The maximum atomic E-state index is 11.8. The molecule has 0 saturated carbocycles. The Balaban J connectivity index is 2.68. The second-order valence-electron chi connectivity index (χ2n) is 3.80. The third-order valence-corrected chi connectivity index (χ3v) is 2.99. The zero-order valence-corrected chi connectivity index (χ0v) is 10.2. The number of halogens is 1. The van der Waals surface area contributed by atoms with Crippen LogP contribution in [0.5, 0.6) is 0 Å². The van der Waals surface area contributed by atoms with Crippen LogP contribution in [0.3, 0.4) is 0 Å². The van der Waals surface area contributed by atoms with Crippen molar-refractivity contribution in [3.63, 3.8) is 0 Å². The van der Waals surface area contributed by atoms with Gasteiger partial charge in [0.1, 0.15) is 0 Å². The highest BCUT2D eigenvalue weighted by molar-refractivity contribution is 6.31. The molecule has 0 spiro atoms. The summed E-state index contributed by atoms with van der Waals surface area (Å²) in [7, 11) is 1.68. The molecule has 1 N–H and O–H groups in total. The Hall–Kier alpha value is -1.06. The minimum atomic E-state index is -0.171. The summed E-state index contributed by atoms with van der Waals surface area (Å²) >= 11 is 5.97. The lowest BCUT2D eigenvalue weighted by atomic mass is 10.1. The molecule has 0 bridgehead atoms. The van der Waals surface area contributed by atoms with Crippen LogP contribution >= 0.6 is 11.6 Å². The van der Waals surface area contributed by atoms with Gasteiger partial charge < -0.3 is 10.0 Å². The van der Waals surface area contributed by atoms with E-state index >= 15 is 0 Å². The highest BCUT2D eigenvalue weighted by atomic mass is 35.5. The molecule has 3 nitrogen and oxygen atoms in total. The fraction of sp³-hybridized carbons (Fsp3) is 0.417.